The van der Waals surface area contributed by atoms with E-state index in [0.29, 0.717) is 0 Å². The summed E-state index contributed by atoms with van der Waals surface area (Å²) in [5.74, 6) is 0. The lowest BCUT2D eigenvalue weighted by Crippen LogP contribution is -2.17. The molecule has 1 aromatic rings. The first-order valence-electron chi connectivity index (χ1n) is 5.25. The van der Waals surface area contributed by atoms with Crippen LogP contribution >= 0.6 is 11.3 Å². The molecule has 0 bridgehead atoms. The van der Waals surface area contributed by atoms with Gasteiger partial charge in [-0.1, -0.05) is 13.8 Å². The molecule has 0 amide bonds. The number of nitrogens with one attached hydrogen (secondary N) is 2. The number of aryl methyl sites for hydroxylation is 1. The number of rotatable bonds is 7. The zero-order chi connectivity index (χ0) is 10.2. The first-order chi connectivity index (χ1) is 6.86. The summed E-state index contributed by atoms with van der Waals surface area (Å²) >= 11 is 1.70. The normalized spacial score (nSPS) is 10.4. The van der Waals surface area contributed by atoms with Crippen LogP contribution in [0.3, 0.4) is 0 Å². The van der Waals surface area contributed by atoms with Crippen molar-refractivity contribution in [3.8, 4) is 0 Å². The quantitative estimate of drug-likeness (QED) is 0.681. The Morgan fingerprint density at radius 2 is 2.21 bits per heavy atom. The summed E-state index contributed by atoms with van der Waals surface area (Å²) in [5.41, 5.74) is 1.18. The summed E-state index contributed by atoms with van der Waals surface area (Å²) in [4.78, 5) is 4.43. The molecule has 0 saturated heterocycles. The number of anilines is 1. The van der Waals surface area contributed by atoms with Crippen LogP contribution in [0.2, 0.25) is 0 Å². The van der Waals surface area contributed by atoms with Crippen molar-refractivity contribution in [3.63, 3.8) is 0 Å². The molecule has 0 atom stereocenters. The Balaban J connectivity index is 2.12. The van der Waals surface area contributed by atoms with Gasteiger partial charge in [-0.3, -0.25) is 0 Å². The summed E-state index contributed by atoms with van der Waals surface area (Å²) < 4.78 is 0. The van der Waals surface area contributed by atoms with Crippen LogP contribution in [-0.2, 0) is 6.42 Å². The highest BCUT2D eigenvalue weighted by Gasteiger charge is 1.98. The van der Waals surface area contributed by atoms with Gasteiger partial charge in [0.1, 0.15) is 0 Å². The Kier molecular flexibility index (Phi) is 5.56. The van der Waals surface area contributed by atoms with Gasteiger partial charge in [0.05, 0.1) is 5.69 Å². The van der Waals surface area contributed by atoms with Gasteiger partial charge < -0.3 is 10.6 Å². The summed E-state index contributed by atoms with van der Waals surface area (Å²) in [7, 11) is 0. The molecule has 14 heavy (non-hydrogen) atoms. The highest BCUT2D eigenvalue weighted by atomic mass is 32.1. The zero-order valence-corrected chi connectivity index (χ0v) is 9.78. The Morgan fingerprint density at radius 3 is 2.86 bits per heavy atom. The molecule has 3 nitrogen and oxygen atoms in total. The van der Waals surface area contributed by atoms with E-state index in [1.807, 2.05) is 0 Å². The number of thiazole rings is 1. The molecule has 0 aliphatic heterocycles. The van der Waals surface area contributed by atoms with E-state index in [-0.39, 0.29) is 0 Å². The number of hydrogen-bond acceptors (Lipinski definition) is 4. The van der Waals surface area contributed by atoms with Crippen LogP contribution in [-0.4, -0.2) is 24.6 Å². The molecule has 0 radical (unpaired) electrons. The highest BCUT2D eigenvalue weighted by molar-refractivity contribution is 7.13. The summed E-state index contributed by atoms with van der Waals surface area (Å²) in [5, 5.41) is 9.79. The molecule has 0 aliphatic rings. The first kappa shape index (κ1) is 11.5. The summed E-state index contributed by atoms with van der Waals surface area (Å²) in [6, 6.07) is 0. The van der Waals surface area contributed by atoms with Gasteiger partial charge in [-0.05, 0) is 25.9 Å². The molecule has 0 fully saturated rings. The summed E-state index contributed by atoms with van der Waals surface area (Å²) in [6.45, 7) is 7.39. The molecule has 1 aromatic heterocycles. The number of aromatic nitrogens is 1. The highest BCUT2D eigenvalue weighted by Crippen LogP contribution is 2.15. The van der Waals surface area contributed by atoms with Gasteiger partial charge in [0.25, 0.3) is 0 Å². The fourth-order valence-electron chi connectivity index (χ4n) is 1.14. The standard InChI is InChI=1S/C10H19N3S/c1-3-9-8-14-10(13-9)12-7-5-6-11-4-2/h8,11H,3-7H2,1-2H3,(H,12,13). The molecule has 0 spiro atoms. The van der Waals surface area contributed by atoms with Crippen LogP contribution in [0.1, 0.15) is 26.0 Å². The van der Waals surface area contributed by atoms with Crippen LogP contribution in [0, 0.1) is 0 Å². The van der Waals surface area contributed by atoms with Gasteiger partial charge >= 0.3 is 0 Å². The van der Waals surface area contributed by atoms with Crippen LogP contribution < -0.4 is 10.6 Å². The molecular weight excluding hydrogens is 194 g/mol. The maximum atomic E-state index is 4.43. The number of hydrogen-bond donors (Lipinski definition) is 2. The monoisotopic (exact) mass is 213 g/mol. The van der Waals surface area contributed by atoms with Gasteiger partial charge in [-0.2, -0.15) is 0 Å². The van der Waals surface area contributed by atoms with Crippen LogP contribution in [0.15, 0.2) is 5.38 Å². The second kappa shape index (κ2) is 6.79. The second-order valence-corrected chi connectivity index (χ2v) is 3.99. The number of nitrogens with zero attached hydrogens (tertiary/aromatic N) is 1. The van der Waals surface area contributed by atoms with Crippen molar-refractivity contribution >= 4 is 16.5 Å². The van der Waals surface area contributed by atoms with E-state index >= 15 is 0 Å². The maximum absolute atomic E-state index is 4.43. The molecular formula is C10H19N3S. The molecule has 0 unspecified atom stereocenters. The molecule has 4 heteroatoms. The average molecular weight is 213 g/mol. The van der Waals surface area contributed by atoms with E-state index in [9.17, 15) is 0 Å². The van der Waals surface area contributed by atoms with Gasteiger partial charge in [0.2, 0.25) is 0 Å². The van der Waals surface area contributed by atoms with Crippen molar-refractivity contribution in [3.05, 3.63) is 11.1 Å². The molecule has 0 aromatic carbocycles. The van der Waals surface area contributed by atoms with E-state index in [1.54, 1.807) is 11.3 Å². The predicted octanol–water partition coefficient (Wildman–Crippen LogP) is 2.12. The van der Waals surface area contributed by atoms with E-state index in [0.717, 1.165) is 37.6 Å². The van der Waals surface area contributed by atoms with Crippen LogP contribution in [0.25, 0.3) is 0 Å². The fourth-order valence-corrected chi connectivity index (χ4v) is 1.96. The van der Waals surface area contributed by atoms with E-state index in [2.05, 4.69) is 34.8 Å². The molecule has 1 rings (SSSR count). The van der Waals surface area contributed by atoms with Crippen LogP contribution in [0.4, 0.5) is 5.13 Å². The lowest BCUT2D eigenvalue weighted by molar-refractivity contribution is 0.688. The van der Waals surface area contributed by atoms with Crippen molar-refractivity contribution in [1.82, 2.24) is 10.3 Å². The third-order valence-corrected chi connectivity index (χ3v) is 2.82. The molecule has 1 heterocycles. The topological polar surface area (TPSA) is 37.0 Å². The molecule has 80 valence electrons. The second-order valence-electron chi connectivity index (χ2n) is 3.13. The Bertz CT molecular complexity index is 247. The van der Waals surface area contributed by atoms with Crippen molar-refractivity contribution in [2.45, 2.75) is 26.7 Å². The van der Waals surface area contributed by atoms with Crippen molar-refractivity contribution in [1.29, 1.82) is 0 Å². The lowest BCUT2D eigenvalue weighted by atomic mass is 10.4. The zero-order valence-electron chi connectivity index (χ0n) is 8.97. The van der Waals surface area contributed by atoms with Gasteiger partial charge in [-0.25, -0.2) is 4.98 Å². The largest absolute Gasteiger partial charge is 0.361 e. The smallest absolute Gasteiger partial charge is 0.182 e. The Hall–Kier alpha value is -0.610. The predicted molar refractivity (Wildman–Crippen MR) is 63.1 cm³/mol. The van der Waals surface area contributed by atoms with E-state index in [1.165, 1.54) is 5.69 Å². The fraction of sp³-hybridized carbons (Fsp3) is 0.700. The SMILES string of the molecule is CCNCCCNc1nc(CC)cs1. The molecule has 0 aliphatic carbocycles. The Labute approximate surface area is 89.9 Å². The lowest BCUT2D eigenvalue weighted by Gasteiger charge is -2.02. The average Bonchev–Trinajstić information content (AvgIpc) is 2.65. The van der Waals surface area contributed by atoms with Gasteiger partial charge in [-0.15, -0.1) is 11.3 Å². The third-order valence-electron chi connectivity index (χ3n) is 1.97. The van der Waals surface area contributed by atoms with Gasteiger partial charge in [0, 0.05) is 11.9 Å². The van der Waals surface area contributed by atoms with E-state index in [4.69, 9.17) is 0 Å². The third kappa shape index (κ3) is 4.07. The van der Waals surface area contributed by atoms with Crippen LogP contribution in [0.5, 0.6) is 0 Å². The van der Waals surface area contributed by atoms with Gasteiger partial charge in [0.15, 0.2) is 5.13 Å². The van der Waals surface area contributed by atoms with E-state index < -0.39 is 0 Å². The van der Waals surface area contributed by atoms with Crippen molar-refractivity contribution in [2.75, 3.05) is 25.0 Å². The minimum Gasteiger partial charge on any atom is -0.361 e. The summed E-state index contributed by atoms with van der Waals surface area (Å²) in [6.07, 6.45) is 2.17. The minimum absolute atomic E-state index is 1.00. The molecule has 2 N–H and O–H groups in total. The molecule has 0 saturated carbocycles. The van der Waals surface area contributed by atoms with Crippen molar-refractivity contribution < 1.29 is 0 Å². The minimum atomic E-state index is 1.00. The maximum Gasteiger partial charge on any atom is 0.182 e. The van der Waals surface area contributed by atoms with Crippen molar-refractivity contribution in [2.24, 2.45) is 0 Å². The Morgan fingerprint density at radius 1 is 1.36 bits per heavy atom. The first-order valence-corrected chi connectivity index (χ1v) is 6.13.